The van der Waals surface area contributed by atoms with Crippen molar-refractivity contribution in [3.8, 4) is 5.95 Å². The molecule has 0 unspecified atom stereocenters. The van der Waals surface area contributed by atoms with Crippen LogP contribution in [0.3, 0.4) is 0 Å². The molecular weight excluding hydrogens is 466 g/mol. The van der Waals surface area contributed by atoms with Gasteiger partial charge in [0.15, 0.2) is 0 Å². The first kappa shape index (κ1) is 21.8. The average molecular weight is 486 g/mol. The fraction of sp³-hybridized carbons (Fsp3) is 0.160. The van der Waals surface area contributed by atoms with Crippen LogP contribution in [0.4, 0.5) is 20.2 Å². The van der Waals surface area contributed by atoms with Crippen molar-refractivity contribution in [3.05, 3.63) is 96.6 Å². The molecule has 1 aromatic carbocycles. The Kier molecular flexibility index (Phi) is 5.36. The van der Waals surface area contributed by atoms with Gasteiger partial charge in [-0.15, -0.1) is 0 Å². The molecule has 0 saturated carbocycles. The number of anilines is 2. The van der Waals surface area contributed by atoms with E-state index >= 15 is 0 Å². The highest BCUT2D eigenvalue weighted by atomic mass is 19.1. The van der Waals surface area contributed by atoms with Crippen LogP contribution in [0.15, 0.2) is 73.8 Å². The van der Waals surface area contributed by atoms with Gasteiger partial charge >= 0.3 is 0 Å². The van der Waals surface area contributed by atoms with Crippen molar-refractivity contribution < 1.29 is 13.6 Å². The number of amides is 1. The molecule has 0 bridgehead atoms. The van der Waals surface area contributed by atoms with Crippen LogP contribution in [0.25, 0.3) is 11.5 Å². The van der Waals surface area contributed by atoms with Crippen molar-refractivity contribution in [3.63, 3.8) is 0 Å². The Morgan fingerprint density at radius 2 is 1.92 bits per heavy atom. The Balaban J connectivity index is 1.27. The predicted octanol–water partition coefficient (Wildman–Crippen LogP) is 4.18. The number of halogens is 2. The van der Waals surface area contributed by atoms with Gasteiger partial charge < -0.3 is 10.2 Å². The van der Waals surface area contributed by atoms with Crippen LogP contribution in [0.2, 0.25) is 0 Å². The average Bonchev–Trinajstić information content (AvgIpc) is 3.66. The number of hydrogen-bond donors (Lipinski definition) is 1. The SMILES string of the molecule is O=C(Nc1cnc(-n2ccnc2)nc1)c1cnn2ccc(N3CCC[C@@H]3c3cc(F)ccc3F)cc12. The first-order chi connectivity index (χ1) is 17.6. The lowest BCUT2D eigenvalue weighted by Gasteiger charge is -2.27. The Morgan fingerprint density at radius 3 is 2.72 bits per heavy atom. The normalized spacial score (nSPS) is 15.5. The quantitative estimate of drug-likeness (QED) is 0.401. The molecule has 1 atom stereocenters. The number of fused-ring (bicyclic) bond motifs is 1. The number of carbonyl (C=O) groups is 1. The van der Waals surface area contributed by atoms with Gasteiger partial charge in [-0.05, 0) is 43.2 Å². The largest absolute Gasteiger partial charge is 0.364 e. The number of pyridine rings is 1. The maximum Gasteiger partial charge on any atom is 0.259 e. The first-order valence-electron chi connectivity index (χ1n) is 11.4. The molecule has 11 heteroatoms. The van der Waals surface area contributed by atoms with Crippen LogP contribution in [-0.4, -0.2) is 41.6 Å². The summed E-state index contributed by atoms with van der Waals surface area (Å²) in [6.07, 6.45) is 12.7. The second-order valence-corrected chi connectivity index (χ2v) is 8.49. The van der Waals surface area contributed by atoms with Gasteiger partial charge in [0.1, 0.15) is 18.0 Å². The Morgan fingerprint density at radius 1 is 1.06 bits per heavy atom. The summed E-state index contributed by atoms with van der Waals surface area (Å²) in [5, 5.41) is 7.09. The smallest absolute Gasteiger partial charge is 0.259 e. The topological polar surface area (TPSA) is 93.2 Å². The molecule has 1 fully saturated rings. The Hall–Kier alpha value is -4.67. The lowest BCUT2D eigenvalue weighted by atomic mass is 10.0. The zero-order valence-electron chi connectivity index (χ0n) is 18.9. The molecule has 1 aliphatic heterocycles. The van der Waals surface area contributed by atoms with Gasteiger partial charge in [-0.25, -0.2) is 28.2 Å². The molecule has 5 aromatic rings. The fourth-order valence-corrected chi connectivity index (χ4v) is 4.59. The van der Waals surface area contributed by atoms with Gasteiger partial charge in [0.25, 0.3) is 5.91 Å². The minimum atomic E-state index is -0.467. The van der Waals surface area contributed by atoms with Gasteiger partial charge in [-0.1, -0.05) is 0 Å². The van der Waals surface area contributed by atoms with Crippen molar-refractivity contribution in [1.82, 2.24) is 29.1 Å². The number of nitrogens with one attached hydrogen (secondary N) is 1. The van der Waals surface area contributed by atoms with Crippen LogP contribution in [0.1, 0.15) is 34.8 Å². The second kappa shape index (κ2) is 8.84. The van der Waals surface area contributed by atoms with E-state index in [1.165, 1.54) is 24.7 Å². The standard InChI is InChI=1S/C25H20F2N8O/c26-16-3-4-21(27)19(10-16)22-2-1-7-34(22)18-5-8-35-23(11-18)20(14-31-35)24(36)32-17-12-29-25(30-13-17)33-9-6-28-15-33/h3-6,8-15,22H,1-2,7H2,(H,32,36)/t22-/m1/s1. The van der Waals surface area contributed by atoms with E-state index < -0.39 is 11.6 Å². The zero-order chi connectivity index (χ0) is 24.6. The molecule has 1 aliphatic rings. The van der Waals surface area contributed by atoms with E-state index in [1.54, 1.807) is 34.0 Å². The summed E-state index contributed by atoms with van der Waals surface area (Å²) >= 11 is 0. The third-order valence-electron chi connectivity index (χ3n) is 6.28. The predicted molar refractivity (Wildman–Crippen MR) is 128 cm³/mol. The van der Waals surface area contributed by atoms with Crippen molar-refractivity contribution in [2.75, 3.05) is 16.8 Å². The Bertz CT molecular complexity index is 1550. The van der Waals surface area contributed by atoms with E-state index in [-0.39, 0.29) is 11.9 Å². The van der Waals surface area contributed by atoms with E-state index in [4.69, 9.17) is 0 Å². The van der Waals surface area contributed by atoms with E-state index in [2.05, 4.69) is 25.4 Å². The van der Waals surface area contributed by atoms with Crippen LogP contribution >= 0.6 is 0 Å². The first-order valence-corrected chi connectivity index (χ1v) is 11.4. The van der Waals surface area contributed by atoms with Gasteiger partial charge in [-0.3, -0.25) is 9.36 Å². The maximum absolute atomic E-state index is 14.5. The summed E-state index contributed by atoms with van der Waals surface area (Å²) in [5.74, 6) is -0.832. The molecule has 1 amide bonds. The lowest BCUT2D eigenvalue weighted by molar-refractivity contribution is 0.102. The molecule has 0 aliphatic carbocycles. The molecule has 0 radical (unpaired) electrons. The van der Waals surface area contributed by atoms with E-state index in [0.717, 1.165) is 24.2 Å². The zero-order valence-corrected chi connectivity index (χ0v) is 18.9. The van der Waals surface area contributed by atoms with Crippen LogP contribution < -0.4 is 10.2 Å². The number of nitrogens with zero attached hydrogens (tertiary/aromatic N) is 7. The van der Waals surface area contributed by atoms with Crippen LogP contribution in [0, 0.1) is 11.6 Å². The summed E-state index contributed by atoms with van der Waals surface area (Å²) in [4.78, 5) is 27.6. The summed E-state index contributed by atoms with van der Waals surface area (Å²) in [6.45, 7) is 0.688. The molecule has 6 rings (SSSR count). The molecule has 180 valence electrons. The summed E-state index contributed by atoms with van der Waals surface area (Å²) < 4.78 is 31.6. The fourth-order valence-electron chi connectivity index (χ4n) is 4.59. The molecule has 0 spiro atoms. The van der Waals surface area contributed by atoms with E-state index in [0.29, 0.717) is 41.2 Å². The van der Waals surface area contributed by atoms with E-state index in [9.17, 15) is 13.6 Å². The van der Waals surface area contributed by atoms with Gasteiger partial charge in [0, 0.05) is 36.4 Å². The molecule has 1 N–H and O–H groups in total. The van der Waals surface area contributed by atoms with Crippen LogP contribution in [-0.2, 0) is 0 Å². The maximum atomic E-state index is 14.5. The highest BCUT2D eigenvalue weighted by Gasteiger charge is 2.29. The highest BCUT2D eigenvalue weighted by Crippen LogP contribution is 2.38. The number of aromatic nitrogens is 6. The molecule has 5 heterocycles. The third-order valence-corrected chi connectivity index (χ3v) is 6.28. The molecule has 4 aromatic heterocycles. The minimum absolute atomic E-state index is 0.297. The summed E-state index contributed by atoms with van der Waals surface area (Å²) in [6, 6.07) is 6.95. The molecule has 36 heavy (non-hydrogen) atoms. The van der Waals surface area contributed by atoms with Crippen molar-refractivity contribution >= 4 is 22.8 Å². The van der Waals surface area contributed by atoms with E-state index in [1.807, 2.05) is 17.0 Å². The van der Waals surface area contributed by atoms with Crippen molar-refractivity contribution in [2.45, 2.75) is 18.9 Å². The third kappa shape index (κ3) is 3.94. The Labute approximate surface area is 204 Å². The van der Waals surface area contributed by atoms with Crippen molar-refractivity contribution in [1.29, 1.82) is 0 Å². The molecule has 9 nitrogen and oxygen atoms in total. The molecule has 1 saturated heterocycles. The number of benzene rings is 1. The lowest BCUT2D eigenvalue weighted by Crippen LogP contribution is -2.23. The highest BCUT2D eigenvalue weighted by molar-refractivity contribution is 6.08. The molecular formula is C25H20F2N8O. The van der Waals surface area contributed by atoms with Crippen LogP contribution in [0.5, 0.6) is 0 Å². The monoisotopic (exact) mass is 486 g/mol. The number of carbonyl (C=O) groups excluding carboxylic acids is 1. The van der Waals surface area contributed by atoms with Gasteiger partial charge in [-0.2, -0.15) is 5.10 Å². The number of hydrogen-bond acceptors (Lipinski definition) is 6. The second-order valence-electron chi connectivity index (χ2n) is 8.49. The summed E-state index contributed by atoms with van der Waals surface area (Å²) in [7, 11) is 0. The van der Waals surface area contributed by atoms with Gasteiger partial charge in [0.2, 0.25) is 5.95 Å². The number of rotatable bonds is 5. The number of imidazole rings is 1. The summed E-state index contributed by atoms with van der Waals surface area (Å²) in [5.41, 5.74) is 2.52. The van der Waals surface area contributed by atoms with Crippen molar-refractivity contribution in [2.24, 2.45) is 0 Å². The van der Waals surface area contributed by atoms with Gasteiger partial charge in [0.05, 0.1) is 41.4 Å². The minimum Gasteiger partial charge on any atom is -0.364 e.